The Morgan fingerprint density at radius 3 is 1.92 bits per heavy atom. The van der Waals surface area contributed by atoms with Gasteiger partial charge in [0.15, 0.2) is 11.9 Å². The minimum absolute atomic E-state index is 0.554. The summed E-state index contributed by atoms with van der Waals surface area (Å²) in [4.78, 5) is 0. The fraction of sp³-hybridized carbons (Fsp3) is 1.00. The number of rotatable bonds is 5. The van der Waals surface area contributed by atoms with E-state index >= 15 is 0 Å². The monoisotopic (exact) mass is 354 g/mol. The minimum atomic E-state index is -2.10. The highest BCUT2D eigenvalue weighted by molar-refractivity contribution is 5.28. The van der Waals surface area contributed by atoms with Crippen LogP contribution in [-0.2, 0) is 14.2 Å². The molecule has 0 radical (unpaired) electrons. The van der Waals surface area contributed by atoms with Crippen molar-refractivity contribution in [2.75, 3.05) is 19.8 Å². The number of hydrogen-bond donors (Lipinski definition) is 8. The Balaban J connectivity index is 1.78. The van der Waals surface area contributed by atoms with Crippen molar-refractivity contribution in [3.05, 3.63) is 0 Å². The Bertz CT molecular complexity index is 475. The van der Waals surface area contributed by atoms with Gasteiger partial charge in [0, 0.05) is 0 Å². The van der Waals surface area contributed by atoms with Crippen molar-refractivity contribution in [2.45, 2.75) is 54.3 Å². The molecule has 140 valence electrons. The van der Waals surface area contributed by atoms with E-state index in [9.17, 15) is 30.6 Å². The summed E-state index contributed by atoms with van der Waals surface area (Å²) in [5.74, 6) is -3.22. The van der Waals surface area contributed by atoms with E-state index in [1.54, 1.807) is 0 Å². The van der Waals surface area contributed by atoms with Gasteiger partial charge in [-0.1, -0.05) is 0 Å². The molecule has 2 aliphatic heterocycles. The third kappa shape index (κ3) is 2.26. The van der Waals surface area contributed by atoms with Gasteiger partial charge in [-0.3, -0.25) is 0 Å². The van der Waals surface area contributed by atoms with E-state index in [1.165, 1.54) is 0 Å². The first-order valence-electron chi connectivity index (χ1n) is 7.55. The number of hydrogen-bond acceptors (Lipinski definition) is 11. The van der Waals surface area contributed by atoms with Crippen LogP contribution >= 0.6 is 0 Å². The second-order valence-corrected chi connectivity index (χ2v) is 6.37. The molecule has 0 amide bonds. The third-order valence-corrected chi connectivity index (χ3v) is 5.09. The number of aliphatic hydroxyl groups excluding tert-OH is 7. The fourth-order valence-corrected chi connectivity index (χ4v) is 3.61. The smallest absolute Gasteiger partial charge is 0.207 e. The number of ether oxygens (including phenoxy) is 3. The largest absolute Gasteiger partial charge is 0.394 e. The second-order valence-electron chi connectivity index (χ2n) is 6.37. The maximum atomic E-state index is 10.4. The van der Waals surface area contributed by atoms with Crippen molar-refractivity contribution in [3.63, 3.8) is 0 Å². The molecule has 11 nitrogen and oxygen atoms in total. The normalized spacial score (nSPS) is 57.0. The molecule has 0 bridgehead atoms. The Morgan fingerprint density at radius 1 is 0.833 bits per heavy atom. The molecular weight excluding hydrogens is 332 g/mol. The van der Waals surface area contributed by atoms with Crippen LogP contribution in [0.3, 0.4) is 0 Å². The van der Waals surface area contributed by atoms with Gasteiger partial charge in [0.1, 0.15) is 30.5 Å². The van der Waals surface area contributed by atoms with Crippen LogP contribution in [0.2, 0.25) is 0 Å². The van der Waals surface area contributed by atoms with Gasteiger partial charge in [0.05, 0.1) is 31.8 Å². The molecule has 2 heterocycles. The van der Waals surface area contributed by atoms with Crippen LogP contribution in [0.15, 0.2) is 0 Å². The topological polar surface area (TPSA) is 190 Å². The summed E-state index contributed by atoms with van der Waals surface area (Å²) < 4.78 is 15.7. The summed E-state index contributed by atoms with van der Waals surface area (Å²) in [5, 5.41) is 77.8. The lowest BCUT2D eigenvalue weighted by Crippen LogP contribution is -2.61. The minimum Gasteiger partial charge on any atom is -0.394 e. The summed E-state index contributed by atoms with van der Waals surface area (Å²) in [6.07, 6.45) is -10.2. The molecule has 24 heavy (non-hydrogen) atoms. The molecule has 0 aromatic rings. The van der Waals surface area contributed by atoms with E-state index in [1.807, 2.05) is 0 Å². The molecule has 3 aliphatic rings. The van der Waals surface area contributed by atoms with E-state index < -0.39 is 80.0 Å². The highest BCUT2D eigenvalue weighted by Gasteiger charge is 2.87. The first-order chi connectivity index (χ1) is 11.3. The Morgan fingerprint density at radius 2 is 1.46 bits per heavy atom. The van der Waals surface area contributed by atoms with Crippen LogP contribution in [0.5, 0.6) is 0 Å². The first-order valence-corrected chi connectivity index (χ1v) is 7.55. The van der Waals surface area contributed by atoms with Gasteiger partial charge in [0.2, 0.25) is 5.79 Å². The molecule has 10 atom stereocenters. The molecule has 8 N–H and O–H groups in total. The van der Waals surface area contributed by atoms with Gasteiger partial charge in [-0.2, -0.15) is 0 Å². The highest BCUT2D eigenvalue weighted by atomic mass is 16.8. The van der Waals surface area contributed by atoms with Gasteiger partial charge in [-0.05, 0) is 0 Å². The highest BCUT2D eigenvalue weighted by Crippen LogP contribution is 2.65. The van der Waals surface area contributed by atoms with Crippen LogP contribution in [0, 0.1) is 5.92 Å². The Hall–Kier alpha value is -0.440. The van der Waals surface area contributed by atoms with Gasteiger partial charge in [-0.25, -0.2) is 0 Å². The zero-order valence-electron chi connectivity index (χ0n) is 12.5. The van der Waals surface area contributed by atoms with Crippen LogP contribution in [-0.4, -0.2) is 115 Å². The summed E-state index contributed by atoms with van der Waals surface area (Å²) in [5.41, 5.74) is -1.84. The van der Waals surface area contributed by atoms with Crippen LogP contribution in [0.25, 0.3) is 0 Å². The molecule has 0 aromatic carbocycles. The van der Waals surface area contributed by atoms with Crippen molar-refractivity contribution < 1.29 is 55.1 Å². The number of aliphatic hydroxyl groups is 8. The fourth-order valence-electron chi connectivity index (χ4n) is 3.61. The van der Waals surface area contributed by atoms with Crippen molar-refractivity contribution in [1.29, 1.82) is 0 Å². The van der Waals surface area contributed by atoms with Crippen molar-refractivity contribution in [2.24, 2.45) is 5.92 Å². The summed E-state index contributed by atoms with van der Waals surface area (Å²) in [6, 6.07) is 0. The van der Waals surface area contributed by atoms with E-state index in [4.69, 9.17) is 24.4 Å². The van der Waals surface area contributed by atoms with Crippen molar-refractivity contribution in [3.8, 4) is 0 Å². The summed E-state index contributed by atoms with van der Waals surface area (Å²) in [6.45, 7) is -2.03. The lowest BCUT2D eigenvalue weighted by Gasteiger charge is -2.41. The molecule has 0 aromatic heterocycles. The van der Waals surface area contributed by atoms with Crippen molar-refractivity contribution >= 4 is 0 Å². The van der Waals surface area contributed by atoms with Crippen LogP contribution in [0.1, 0.15) is 0 Å². The average molecular weight is 354 g/mol. The van der Waals surface area contributed by atoms with Crippen LogP contribution < -0.4 is 0 Å². The third-order valence-electron chi connectivity index (χ3n) is 5.09. The average Bonchev–Trinajstić information content (AvgIpc) is 2.96. The maximum Gasteiger partial charge on any atom is 0.207 e. The van der Waals surface area contributed by atoms with E-state index in [0.717, 1.165) is 0 Å². The molecule has 3 rings (SSSR count). The van der Waals surface area contributed by atoms with Gasteiger partial charge < -0.3 is 55.1 Å². The van der Waals surface area contributed by atoms with Gasteiger partial charge in [0.25, 0.3) is 0 Å². The molecular formula is C13H22O11. The standard InChI is InChI=1S/C13H22O11/c14-1-4-6(17)8(19)9(20)11(22-4)24-12(3-16)10-7(18)5(2-15)23-13(10,12)21/h4-11,14-21H,1-3H2/t4?,5-,6-,7+,8?,9?,10?,11-,12+,13?/m1/s1. The lowest BCUT2D eigenvalue weighted by molar-refractivity contribution is -0.338. The molecule has 1 aliphatic carbocycles. The second kappa shape index (κ2) is 6.07. The SMILES string of the molecule is OCC1O[C@H](O[C@@]2(CO)C3[C@@H](O)[C@@H](CO)OC32O)C(O)C(O)[C@@H]1O. The predicted molar refractivity (Wildman–Crippen MR) is 71.1 cm³/mol. The Kier molecular flexibility index (Phi) is 4.64. The molecule has 11 heteroatoms. The van der Waals surface area contributed by atoms with Gasteiger partial charge in [-0.15, -0.1) is 0 Å². The molecule has 3 fully saturated rings. The molecule has 2 saturated heterocycles. The molecule has 5 unspecified atom stereocenters. The lowest BCUT2D eigenvalue weighted by atomic mass is 9.99. The van der Waals surface area contributed by atoms with Gasteiger partial charge >= 0.3 is 0 Å². The number of fused-ring (bicyclic) bond motifs is 1. The van der Waals surface area contributed by atoms with Crippen molar-refractivity contribution in [1.82, 2.24) is 0 Å². The summed E-state index contributed by atoms with van der Waals surface area (Å²) in [7, 11) is 0. The Labute approximate surface area is 136 Å². The van der Waals surface area contributed by atoms with E-state index in [2.05, 4.69) is 0 Å². The molecule has 1 saturated carbocycles. The predicted octanol–water partition coefficient (Wildman–Crippen LogP) is -5.40. The maximum absolute atomic E-state index is 10.4. The molecule has 0 spiro atoms. The van der Waals surface area contributed by atoms with Crippen LogP contribution in [0.4, 0.5) is 0 Å². The quantitative estimate of drug-likeness (QED) is 0.235. The first kappa shape index (κ1) is 18.4. The van der Waals surface area contributed by atoms with E-state index in [0.29, 0.717) is 0 Å². The zero-order chi connectivity index (χ0) is 17.9. The van der Waals surface area contributed by atoms with E-state index in [-0.39, 0.29) is 0 Å². The zero-order valence-corrected chi connectivity index (χ0v) is 12.5. The summed E-state index contributed by atoms with van der Waals surface area (Å²) >= 11 is 0.